The molecular weight excluding hydrogens is 456 g/mol. The van der Waals surface area contributed by atoms with E-state index in [2.05, 4.69) is 62.8 Å². The topological polar surface area (TPSA) is 84.5 Å². The lowest BCUT2D eigenvalue weighted by atomic mass is 9.97. The van der Waals surface area contributed by atoms with Crippen LogP contribution in [0.5, 0.6) is 0 Å². The lowest BCUT2D eigenvalue weighted by Gasteiger charge is -2.28. The molecular formula is C27H37N6O3+. The number of piperidine rings is 1. The normalized spacial score (nSPS) is 19.1. The molecule has 9 heteroatoms. The van der Waals surface area contributed by atoms with Crippen LogP contribution < -0.4 is 20.3 Å². The maximum Gasteiger partial charge on any atom is 0.393 e. The number of benzene rings is 1. The third-order valence-electron chi connectivity index (χ3n) is 7.28. The summed E-state index contributed by atoms with van der Waals surface area (Å²) in [6.07, 6.45) is 10.4. The van der Waals surface area contributed by atoms with Gasteiger partial charge in [-0.3, -0.25) is 9.69 Å². The van der Waals surface area contributed by atoms with E-state index in [1.807, 2.05) is 11.6 Å². The van der Waals surface area contributed by atoms with Crippen LogP contribution in [0.3, 0.4) is 0 Å². The van der Waals surface area contributed by atoms with Crippen LogP contribution in [-0.4, -0.2) is 48.0 Å². The van der Waals surface area contributed by atoms with Crippen molar-refractivity contribution in [2.45, 2.75) is 44.9 Å². The van der Waals surface area contributed by atoms with Crippen molar-refractivity contribution < 1.29 is 18.9 Å². The zero-order chi connectivity index (χ0) is 24.9. The number of aryl methyl sites for hydroxylation is 2. The minimum Gasteiger partial charge on any atom is -0.350 e. The molecule has 1 atom stereocenters. The minimum atomic E-state index is -0.369. The molecule has 0 saturated carbocycles. The Hall–Kier alpha value is -3.01. The molecule has 0 radical (unpaired) electrons. The van der Waals surface area contributed by atoms with Gasteiger partial charge in [0.15, 0.2) is 6.29 Å². The van der Waals surface area contributed by atoms with Crippen molar-refractivity contribution in [3.8, 4) is 0 Å². The number of hydroxylamine groups is 1. The summed E-state index contributed by atoms with van der Waals surface area (Å²) in [4.78, 5) is 24.8. The highest BCUT2D eigenvalue weighted by molar-refractivity contribution is 5.92. The summed E-state index contributed by atoms with van der Waals surface area (Å²) in [5.74, 6) is 1.21. The molecule has 2 fully saturated rings. The highest BCUT2D eigenvalue weighted by Gasteiger charge is 2.28. The van der Waals surface area contributed by atoms with Gasteiger partial charge in [0, 0.05) is 43.7 Å². The van der Waals surface area contributed by atoms with Crippen molar-refractivity contribution in [3.63, 3.8) is 0 Å². The number of amides is 1. The van der Waals surface area contributed by atoms with E-state index in [4.69, 9.17) is 9.57 Å². The molecule has 0 aliphatic carbocycles. The van der Waals surface area contributed by atoms with E-state index in [-0.39, 0.29) is 12.2 Å². The Morgan fingerprint density at radius 2 is 2.06 bits per heavy atom. The number of anilines is 1. The molecule has 1 unspecified atom stereocenters. The van der Waals surface area contributed by atoms with E-state index in [0.29, 0.717) is 18.1 Å². The van der Waals surface area contributed by atoms with Crippen molar-refractivity contribution in [3.05, 3.63) is 54.0 Å². The SMILES string of the molecule is Cn1cc(CNCC2CCN(c3ncc(C(=O)NOC4CCCCO4)c[n+]3C)CC2)c2ccccc21. The molecule has 5 rings (SSSR count). The Balaban J connectivity index is 1.08. The second-order valence-corrected chi connectivity index (χ2v) is 9.94. The zero-order valence-corrected chi connectivity index (χ0v) is 21.3. The molecule has 36 heavy (non-hydrogen) atoms. The maximum atomic E-state index is 12.5. The van der Waals surface area contributed by atoms with Crippen molar-refractivity contribution in [2.24, 2.45) is 20.0 Å². The van der Waals surface area contributed by atoms with Crippen molar-refractivity contribution in [1.82, 2.24) is 20.3 Å². The zero-order valence-electron chi connectivity index (χ0n) is 21.3. The van der Waals surface area contributed by atoms with Gasteiger partial charge >= 0.3 is 5.95 Å². The molecule has 0 spiro atoms. The van der Waals surface area contributed by atoms with Gasteiger partial charge in [0.05, 0.1) is 26.3 Å². The Morgan fingerprint density at radius 1 is 1.22 bits per heavy atom. The molecule has 2 aliphatic heterocycles. The molecule has 1 aromatic carbocycles. The molecule has 4 heterocycles. The predicted molar refractivity (Wildman–Crippen MR) is 137 cm³/mol. The van der Waals surface area contributed by atoms with Gasteiger partial charge in [-0.15, -0.1) is 0 Å². The summed E-state index contributed by atoms with van der Waals surface area (Å²) in [5.41, 5.74) is 5.59. The molecule has 192 valence electrons. The molecule has 0 bridgehead atoms. The molecule has 9 nitrogen and oxygen atoms in total. The lowest BCUT2D eigenvalue weighted by molar-refractivity contribution is -0.661. The molecule has 1 amide bonds. The van der Waals surface area contributed by atoms with Crippen LogP contribution in [0.15, 0.2) is 42.9 Å². The van der Waals surface area contributed by atoms with Crippen LogP contribution >= 0.6 is 0 Å². The summed E-state index contributed by atoms with van der Waals surface area (Å²) in [5, 5.41) is 5.01. The summed E-state index contributed by atoms with van der Waals surface area (Å²) in [6, 6.07) is 8.56. The van der Waals surface area contributed by atoms with Crippen LogP contribution in [0.2, 0.25) is 0 Å². The number of ether oxygens (including phenoxy) is 1. The maximum absolute atomic E-state index is 12.5. The fraction of sp³-hybridized carbons (Fsp3) is 0.519. The molecule has 2 aliphatic rings. The molecule has 2 saturated heterocycles. The van der Waals surface area contributed by atoms with Gasteiger partial charge in [-0.25, -0.2) is 14.9 Å². The third-order valence-corrected chi connectivity index (χ3v) is 7.28. The average molecular weight is 494 g/mol. The van der Waals surface area contributed by atoms with Crippen LogP contribution in [-0.2, 0) is 30.2 Å². The van der Waals surface area contributed by atoms with E-state index < -0.39 is 0 Å². The van der Waals surface area contributed by atoms with Crippen LogP contribution in [0.25, 0.3) is 10.9 Å². The highest BCUT2D eigenvalue weighted by Crippen LogP contribution is 2.22. The van der Waals surface area contributed by atoms with Gasteiger partial charge in [0.1, 0.15) is 11.8 Å². The first-order valence-corrected chi connectivity index (χ1v) is 13.0. The summed E-state index contributed by atoms with van der Waals surface area (Å²) >= 11 is 0. The van der Waals surface area contributed by atoms with E-state index in [1.54, 1.807) is 12.4 Å². The smallest absolute Gasteiger partial charge is 0.350 e. The molecule has 3 aromatic rings. The van der Waals surface area contributed by atoms with Crippen LogP contribution in [0.1, 0.15) is 48.0 Å². The lowest BCUT2D eigenvalue weighted by Crippen LogP contribution is -2.46. The first-order valence-electron chi connectivity index (χ1n) is 13.0. The van der Waals surface area contributed by atoms with Crippen LogP contribution in [0.4, 0.5) is 5.95 Å². The minimum absolute atomic E-state index is 0.310. The second-order valence-electron chi connectivity index (χ2n) is 9.94. The fourth-order valence-electron chi connectivity index (χ4n) is 5.24. The Kier molecular flexibility index (Phi) is 7.79. The van der Waals surface area contributed by atoms with Crippen LogP contribution in [0, 0.1) is 5.92 Å². The van der Waals surface area contributed by atoms with Gasteiger partial charge in [-0.2, -0.15) is 0 Å². The monoisotopic (exact) mass is 493 g/mol. The Labute approximate surface area is 212 Å². The summed E-state index contributed by atoms with van der Waals surface area (Å²) in [7, 11) is 4.04. The Bertz CT molecular complexity index is 1180. The number of nitrogens with one attached hydrogen (secondary N) is 2. The van der Waals surface area contributed by atoms with E-state index in [0.717, 1.165) is 64.2 Å². The van der Waals surface area contributed by atoms with Gasteiger partial charge < -0.3 is 14.6 Å². The number of carbonyl (C=O) groups excluding carboxylic acids is 1. The first kappa shape index (κ1) is 24.7. The summed E-state index contributed by atoms with van der Waals surface area (Å²) in [6.45, 7) is 4.48. The predicted octanol–water partition coefficient (Wildman–Crippen LogP) is 2.59. The number of carbonyl (C=O) groups is 1. The molecule has 2 N–H and O–H groups in total. The molecule has 2 aromatic heterocycles. The number of rotatable bonds is 8. The van der Waals surface area contributed by atoms with E-state index in [1.165, 1.54) is 16.5 Å². The number of nitrogens with zero attached hydrogens (tertiary/aromatic N) is 4. The fourth-order valence-corrected chi connectivity index (χ4v) is 5.24. The third kappa shape index (κ3) is 5.69. The second kappa shape index (κ2) is 11.4. The number of para-hydroxylation sites is 1. The highest BCUT2D eigenvalue weighted by atomic mass is 16.8. The van der Waals surface area contributed by atoms with Gasteiger partial charge in [0.2, 0.25) is 0 Å². The Morgan fingerprint density at radius 3 is 2.83 bits per heavy atom. The van der Waals surface area contributed by atoms with Gasteiger partial charge in [0.25, 0.3) is 5.91 Å². The quantitative estimate of drug-likeness (QED) is 0.371. The van der Waals surface area contributed by atoms with Crippen molar-refractivity contribution in [1.29, 1.82) is 0 Å². The largest absolute Gasteiger partial charge is 0.393 e. The van der Waals surface area contributed by atoms with E-state index >= 15 is 0 Å². The van der Waals surface area contributed by atoms with E-state index in [9.17, 15) is 4.79 Å². The van der Waals surface area contributed by atoms with Crippen molar-refractivity contribution >= 4 is 22.8 Å². The van der Waals surface area contributed by atoms with Crippen molar-refractivity contribution in [2.75, 3.05) is 31.1 Å². The summed E-state index contributed by atoms with van der Waals surface area (Å²) < 4.78 is 9.61. The number of aromatic nitrogens is 3. The van der Waals surface area contributed by atoms with Gasteiger partial charge in [-0.1, -0.05) is 23.2 Å². The number of hydrogen-bond acceptors (Lipinski definition) is 6. The van der Waals surface area contributed by atoms with Gasteiger partial charge in [-0.05, 0) is 49.8 Å². The number of hydrogen-bond donors (Lipinski definition) is 2. The average Bonchev–Trinajstić information content (AvgIpc) is 3.24. The first-order chi connectivity index (χ1) is 17.6. The standard InChI is InChI=1S/C27H36N6O3/c1-31-18-21(23-7-3-4-8-24(23)31)16-28-15-20-10-12-33(13-11-20)27-29-17-22(19-32(27)2)26(34)30-36-25-9-5-6-14-35-25/h3-4,7-8,17-20,25,28H,5-6,9-16H2,1-2H3/p+1. The number of fused-ring (bicyclic) bond motifs is 1.